The molecule has 0 aromatic rings. The van der Waals surface area contributed by atoms with Crippen LogP contribution in [0, 0.1) is 5.92 Å². The standard InChI is InChI=1S/C11H22O2/c1-3-5-10(12)11(4-2)13-8-9-6-7-9/h9-12H,3-8H2,1-2H3. The predicted octanol–water partition coefficient (Wildman–Crippen LogP) is 2.35. The Morgan fingerprint density at radius 2 is 2.08 bits per heavy atom. The normalized spacial score (nSPS) is 21.5. The average molecular weight is 186 g/mol. The molecule has 2 nitrogen and oxygen atoms in total. The number of aliphatic hydroxyl groups excluding tert-OH is 1. The number of hydrogen-bond donors (Lipinski definition) is 1. The Morgan fingerprint density at radius 3 is 2.54 bits per heavy atom. The van der Waals surface area contributed by atoms with Gasteiger partial charge in [0.25, 0.3) is 0 Å². The molecular weight excluding hydrogens is 164 g/mol. The van der Waals surface area contributed by atoms with Crippen LogP contribution in [0.3, 0.4) is 0 Å². The number of aliphatic hydroxyl groups is 1. The van der Waals surface area contributed by atoms with Crippen LogP contribution >= 0.6 is 0 Å². The molecular formula is C11H22O2. The smallest absolute Gasteiger partial charge is 0.0831 e. The third kappa shape index (κ3) is 4.10. The van der Waals surface area contributed by atoms with Gasteiger partial charge in [0.2, 0.25) is 0 Å². The molecule has 0 saturated heterocycles. The minimum atomic E-state index is -0.256. The van der Waals surface area contributed by atoms with E-state index in [1.807, 2.05) is 0 Å². The number of hydrogen-bond acceptors (Lipinski definition) is 2. The van der Waals surface area contributed by atoms with Gasteiger partial charge in [-0.05, 0) is 31.6 Å². The Labute approximate surface area is 81.3 Å². The van der Waals surface area contributed by atoms with Gasteiger partial charge in [-0.25, -0.2) is 0 Å². The van der Waals surface area contributed by atoms with Gasteiger partial charge < -0.3 is 9.84 Å². The van der Waals surface area contributed by atoms with E-state index in [1.165, 1.54) is 12.8 Å². The zero-order valence-corrected chi connectivity index (χ0v) is 8.83. The second kappa shape index (κ2) is 5.61. The van der Waals surface area contributed by atoms with Gasteiger partial charge in [-0.15, -0.1) is 0 Å². The quantitative estimate of drug-likeness (QED) is 0.661. The summed E-state index contributed by atoms with van der Waals surface area (Å²) in [6, 6.07) is 0. The predicted molar refractivity (Wildman–Crippen MR) is 53.7 cm³/mol. The topological polar surface area (TPSA) is 29.5 Å². The van der Waals surface area contributed by atoms with Crippen LogP contribution < -0.4 is 0 Å². The number of ether oxygens (including phenoxy) is 1. The maximum absolute atomic E-state index is 9.72. The van der Waals surface area contributed by atoms with Crippen molar-refractivity contribution in [3.63, 3.8) is 0 Å². The van der Waals surface area contributed by atoms with Crippen molar-refractivity contribution in [2.24, 2.45) is 5.92 Å². The lowest BCUT2D eigenvalue weighted by Gasteiger charge is -2.21. The van der Waals surface area contributed by atoms with E-state index < -0.39 is 0 Å². The molecule has 0 aromatic heterocycles. The van der Waals surface area contributed by atoms with E-state index in [-0.39, 0.29) is 12.2 Å². The van der Waals surface area contributed by atoms with Crippen molar-refractivity contribution in [3.8, 4) is 0 Å². The van der Waals surface area contributed by atoms with Crippen LogP contribution in [-0.4, -0.2) is 23.9 Å². The van der Waals surface area contributed by atoms with Crippen LogP contribution in [0.1, 0.15) is 46.0 Å². The van der Waals surface area contributed by atoms with E-state index in [4.69, 9.17) is 4.74 Å². The second-order valence-electron chi connectivity index (χ2n) is 4.08. The van der Waals surface area contributed by atoms with Crippen molar-refractivity contribution in [1.29, 1.82) is 0 Å². The van der Waals surface area contributed by atoms with Gasteiger partial charge in [0.05, 0.1) is 12.2 Å². The van der Waals surface area contributed by atoms with E-state index >= 15 is 0 Å². The van der Waals surface area contributed by atoms with Gasteiger partial charge in [0, 0.05) is 6.61 Å². The summed E-state index contributed by atoms with van der Waals surface area (Å²) in [4.78, 5) is 0. The fourth-order valence-electron chi connectivity index (χ4n) is 1.53. The van der Waals surface area contributed by atoms with Gasteiger partial charge in [-0.3, -0.25) is 0 Å². The Hall–Kier alpha value is -0.0800. The molecule has 0 aliphatic heterocycles. The van der Waals surface area contributed by atoms with Crippen LogP contribution in [-0.2, 0) is 4.74 Å². The number of rotatable bonds is 7. The zero-order valence-electron chi connectivity index (χ0n) is 8.83. The minimum Gasteiger partial charge on any atom is -0.390 e. The molecule has 13 heavy (non-hydrogen) atoms. The summed E-state index contributed by atoms with van der Waals surface area (Å²) in [5, 5.41) is 9.72. The highest BCUT2D eigenvalue weighted by molar-refractivity contribution is 4.74. The van der Waals surface area contributed by atoms with Crippen LogP contribution in [0.2, 0.25) is 0 Å². The molecule has 0 radical (unpaired) electrons. The molecule has 2 unspecified atom stereocenters. The summed E-state index contributed by atoms with van der Waals surface area (Å²) in [6.07, 6.45) is 5.27. The molecule has 0 amide bonds. The third-order valence-corrected chi connectivity index (χ3v) is 2.66. The maximum atomic E-state index is 9.72. The fourth-order valence-corrected chi connectivity index (χ4v) is 1.53. The Balaban J connectivity index is 2.14. The lowest BCUT2D eigenvalue weighted by molar-refractivity contribution is -0.0457. The Kier molecular flexibility index (Phi) is 4.74. The highest BCUT2D eigenvalue weighted by Gasteiger charge is 2.24. The molecule has 1 saturated carbocycles. The monoisotopic (exact) mass is 186 g/mol. The first-order chi connectivity index (χ1) is 6.27. The summed E-state index contributed by atoms with van der Waals surface area (Å²) in [7, 11) is 0. The molecule has 0 bridgehead atoms. The van der Waals surface area contributed by atoms with Crippen molar-refractivity contribution in [2.75, 3.05) is 6.61 Å². The van der Waals surface area contributed by atoms with Crippen molar-refractivity contribution in [1.82, 2.24) is 0 Å². The van der Waals surface area contributed by atoms with Gasteiger partial charge in [-0.1, -0.05) is 20.3 Å². The van der Waals surface area contributed by atoms with E-state index in [0.29, 0.717) is 0 Å². The Bertz CT molecular complexity index is 132. The summed E-state index contributed by atoms with van der Waals surface area (Å²) in [6.45, 7) is 5.03. The third-order valence-electron chi connectivity index (χ3n) is 2.66. The lowest BCUT2D eigenvalue weighted by atomic mass is 10.1. The molecule has 0 aromatic carbocycles. The Morgan fingerprint density at radius 1 is 1.38 bits per heavy atom. The largest absolute Gasteiger partial charge is 0.390 e. The molecule has 78 valence electrons. The molecule has 1 rings (SSSR count). The highest BCUT2D eigenvalue weighted by atomic mass is 16.5. The van der Waals surface area contributed by atoms with Crippen LogP contribution in [0.15, 0.2) is 0 Å². The van der Waals surface area contributed by atoms with E-state index in [0.717, 1.165) is 31.8 Å². The molecule has 0 spiro atoms. The summed E-state index contributed by atoms with van der Waals surface area (Å²) in [5.41, 5.74) is 0. The van der Waals surface area contributed by atoms with Gasteiger partial charge >= 0.3 is 0 Å². The second-order valence-corrected chi connectivity index (χ2v) is 4.08. The molecule has 0 heterocycles. The van der Waals surface area contributed by atoms with Crippen LogP contribution in [0.4, 0.5) is 0 Å². The maximum Gasteiger partial charge on any atom is 0.0831 e. The fraction of sp³-hybridized carbons (Fsp3) is 1.00. The molecule has 2 heteroatoms. The van der Waals surface area contributed by atoms with Gasteiger partial charge in [0.15, 0.2) is 0 Å². The first-order valence-electron chi connectivity index (χ1n) is 5.57. The summed E-state index contributed by atoms with van der Waals surface area (Å²) in [5.74, 6) is 0.794. The van der Waals surface area contributed by atoms with Crippen LogP contribution in [0.5, 0.6) is 0 Å². The van der Waals surface area contributed by atoms with Gasteiger partial charge in [0.1, 0.15) is 0 Å². The molecule has 1 aliphatic carbocycles. The van der Waals surface area contributed by atoms with E-state index in [2.05, 4.69) is 13.8 Å². The minimum absolute atomic E-state index is 0.0700. The first kappa shape index (κ1) is 11.0. The molecule has 1 aliphatic rings. The lowest BCUT2D eigenvalue weighted by Crippen LogP contribution is -2.29. The summed E-state index contributed by atoms with van der Waals surface area (Å²) >= 11 is 0. The SMILES string of the molecule is CCCC(O)C(CC)OCC1CC1. The first-order valence-corrected chi connectivity index (χ1v) is 5.57. The zero-order chi connectivity index (χ0) is 9.68. The van der Waals surface area contributed by atoms with E-state index in [1.54, 1.807) is 0 Å². The molecule has 1 fully saturated rings. The molecule has 1 N–H and O–H groups in total. The van der Waals surface area contributed by atoms with Crippen LogP contribution in [0.25, 0.3) is 0 Å². The average Bonchev–Trinajstić information content (AvgIpc) is 2.89. The highest BCUT2D eigenvalue weighted by Crippen LogP contribution is 2.29. The van der Waals surface area contributed by atoms with Crippen molar-refractivity contribution in [3.05, 3.63) is 0 Å². The van der Waals surface area contributed by atoms with Crippen molar-refractivity contribution < 1.29 is 9.84 Å². The molecule has 2 atom stereocenters. The van der Waals surface area contributed by atoms with Gasteiger partial charge in [-0.2, -0.15) is 0 Å². The van der Waals surface area contributed by atoms with E-state index in [9.17, 15) is 5.11 Å². The van der Waals surface area contributed by atoms with Crippen molar-refractivity contribution in [2.45, 2.75) is 58.2 Å². The van der Waals surface area contributed by atoms with Crippen molar-refractivity contribution >= 4 is 0 Å². The summed E-state index contributed by atoms with van der Waals surface area (Å²) < 4.78 is 5.68.